The molecule has 0 aliphatic heterocycles. The summed E-state index contributed by atoms with van der Waals surface area (Å²) in [6, 6.07) is 7.13. The Labute approximate surface area is 124 Å². The van der Waals surface area contributed by atoms with Crippen LogP contribution in [0, 0.1) is 6.92 Å². The van der Waals surface area contributed by atoms with Gasteiger partial charge in [0.15, 0.2) is 0 Å². The van der Waals surface area contributed by atoms with Crippen LogP contribution in [0.15, 0.2) is 33.3 Å². The SMILES string of the molecule is COc1ccc(Br)c(NCC(=O)Nc2cc(C)no2)c1. The largest absolute Gasteiger partial charge is 0.497 e. The van der Waals surface area contributed by atoms with Gasteiger partial charge in [0.2, 0.25) is 11.8 Å². The van der Waals surface area contributed by atoms with Crippen molar-refractivity contribution in [2.24, 2.45) is 0 Å². The zero-order chi connectivity index (χ0) is 14.5. The first-order valence-corrected chi connectivity index (χ1v) is 6.68. The Bertz CT molecular complexity index is 613. The van der Waals surface area contributed by atoms with Crippen molar-refractivity contribution in [1.29, 1.82) is 0 Å². The van der Waals surface area contributed by atoms with E-state index in [2.05, 4.69) is 31.7 Å². The molecule has 0 bridgehead atoms. The van der Waals surface area contributed by atoms with E-state index >= 15 is 0 Å². The van der Waals surface area contributed by atoms with Crippen LogP contribution in [0.5, 0.6) is 5.75 Å². The van der Waals surface area contributed by atoms with Crippen LogP contribution in [0.3, 0.4) is 0 Å². The number of nitrogens with one attached hydrogen (secondary N) is 2. The number of nitrogens with zero attached hydrogens (tertiary/aromatic N) is 1. The van der Waals surface area contributed by atoms with Crippen molar-refractivity contribution in [3.8, 4) is 5.75 Å². The van der Waals surface area contributed by atoms with Gasteiger partial charge in [-0.2, -0.15) is 0 Å². The van der Waals surface area contributed by atoms with E-state index in [0.29, 0.717) is 17.3 Å². The van der Waals surface area contributed by atoms with Gasteiger partial charge in [0, 0.05) is 16.6 Å². The maximum absolute atomic E-state index is 11.8. The molecule has 2 aromatic rings. The molecule has 106 valence electrons. The summed E-state index contributed by atoms with van der Waals surface area (Å²) in [6.45, 7) is 1.89. The summed E-state index contributed by atoms with van der Waals surface area (Å²) in [5.74, 6) is 0.817. The highest BCUT2D eigenvalue weighted by Gasteiger charge is 2.08. The molecule has 0 spiro atoms. The number of aromatic nitrogens is 1. The molecule has 1 aromatic carbocycles. The second-order valence-electron chi connectivity index (χ2n) is 4.08. The van der Waals surface area contributed by atoms with E-state index in [1.165, 1.54) is 0 Å². The first-order valence-electron chi connectivity index (χ1n) is 5.89. The minimum Gasteiger partial charge on any atom is -0.497 e. The number of carbonyl (C=O) groups is 1. The summed E-state index contributed by atoms with van der Waals surface area (Å²) in [7, 11) is 1.59. The van der Waals surface area contributed by atoms with Crippen molar-refractivity contribution in [2.75, 3.05) is 24.3 Å². The fraction of sp³-hybridized carbons (Fsp3) is 0.231. The summed E-state index contributed by atoms with van der Waals surface area (Å²) < 4.78 is 10.9. The second-order valence-corrected chi connectivity index (χ2v) is 4.93. The third-order valence-electron chi connectivity index (χ3n) is 2.50. The van der Waals surface area contributed by atoms with Crippen molar-refractivity contribution in [2.45, 2.75) is 6.92 Å². The number of benzene rings is 1. The van der Waals surface area contributed by atoms with Crippen LogP contribution in [0.4, 0.5) is 11.6 Å². The van der Waals surface area contributed by atoms with E-state index in [-0.39, 0.29) is 12.5 Å². The van der Waals surface area contributed by atoms with Crippen molar-refractivity contribution >= 4 is 33.4 Å². The molecular formula is C13H14BrN3O3. The van der Waals surface area contributed by atoms with Gasteiger partial charge in [-0.25, -0.2) is 0 Å². The lowest BCUT2D eigenvalue weighted by Gasteiger charge is -2.09. The Morgan fingerprint density at radius 1 is 1.45 bits per heavy atom. The number of aryl methyl sites for hydroxylation is 1. The van der Waals surface area contributed by atoms with Crippen LogP contribution in [0.1, 0.15) is 5.69 Å². The minimum atomic E-state index is -0.226. The highest BCUT2D eigenvalue weighted by atomic mass is 79.9. The molecule has 1 amide bonds. The van der Waals surface area contributed by atoms with Gasteiger partial charge >= 0.3 is 0 Å². The first kappa shape index (κ1) is 14.4. The van der Waals surface area contributed by atoms with Gasteiger partial charge in [0.25, 0.3) is 0 Å². The topological polar surface area (TPSA) is 76.4 Å². The van der Waals surface area contributed by atoms with E-state index in [9.17, 15) is 4.79 Å². The van der Waals surface area contributed by atoms with E-state index in [1.807, 2.05) is 12.1 Å². The molecule has 0 saturated heterocycles. The van der Waals surface area contributed by atoms with Gasteiger partial charge in [0.05, 0.1) is 25.0 Å². The molecule has 0 unspecified atom stereocenters. The van der Waals surface area contributed by atoms with E-state index < -0.39 is 0 Å². The van der Waals surface area contributed by atoms with Crippen LogP contribution in [-0.2, 0) is 4.79 Å². The Morgan fingerprint density at radius 2 is 2.25 bits per heavy atom. The van der Waals surface area contributed by atoms with Crippen molar-refractivity contribution in [3.05, 3.63) is 34.4 Å². The molecule has 7 heteroatoms. The standard InChI is InChI=1S/C13H14BrN3O3/c1-8-5-13(20-17-8)16-12(18)7-15-11-6-9(19-2)3-4-10(11)14/h3-6,15H,7H2,1-2H3,(H,16,18). The quantitative estimate of drug-likeness (QED) is 0.875. The number of anilines is 2. The number of rotatable bonds is 5. The smallest absolute Gasteiger partial charge is 0.246 e. The number of ether oxygens (including phenoxy) is 1. The molecule has 0 saturated carbocycles. The third kappa shape index (κ3) is 3.74. The predicted octanol–water partition coefficient (Wildman–Crippen LogP) is 2.80. The molecule has 2 N–H and O–H groups in total. The first-order chi connectivity index (χ1) is 9.58. The van der Waals surface area contributed by atoms with Gasteiger partial charge in [-0.05, 0) is 35.0 Å². The molecule has 0 aliphatic carbocycles. The predicted molar refractivity (Wildman–Crippen MR) is 79.1 cm³/mol. The highest BCUT2D eigenvalue weighted by Crippen LogP contribution is 2.26. The number of hydrogen-bond acceptors (Lipinski definition) is 5. The highest BCUT2D eigenvalue weighted by molar-refractivity contribution is 9.10. The average Bonchev–Trinajstić information content (AvgIpc) is 2.83. The average molecular weight is 340 g/mol. The Balaban J connectivity index is 1.93. The fourth-order valence-electron chi connectivity index (χ4n) is 1.55. The Kier molecular flexibility index (Phi) is 4.62. The van der Waals surface area contributed by atoms with Crippen LogP contribution in [-0.4, -0.2) is 24.7 Å². The van der Waals surface area contributed by atoms with Crippen LogP contribution in [0.25, 0.3) is 0 Å². The number of halogens is 1. The Morgan fingerprint density at radius 3 is 2.90 bits per heavy atom. The molecule has 0 fully saturated rings. The third-order valence-corrected chi connectivity index (χ3v) is 3.20. The van der Waals surface area contributed by atoms with Gasteiger partial charge in [-0.3, -0.25) is 10.1 Å². The maximum atomic E-state index is 11.8. The lowest BCUT2D eigenvalue weighted by molar-refractivity contribution is -0.114. The summed E-state index contributed by atoms with van der Waals surface area (Å²) in [6.07, 6.45) is 0. The lowest BCUT2D eigenvalue weighted by atomic mass is 10.3. The van der Waals surface area contributed by atoms with Gasteiger partial charge in [-0.15, -0.1) is 0 Å². The molecule has 0 radical (unpaired) electrons. The van der Waals surface area contributed by atoms with Crippen LogP contribution >= 0.6 is 15.9 Å². The lowest BCUT2D eigenvalue weighted by Crippen LogP contribution is -2.21. The zero-order valence-electron chi connectivity index (χ0n) is 11.1. The van der Waals surface area contributed by atoms with E-state index in [0.717, 1.165) is 10.2 Å². The molecule has 2 rings (SSSR count). The molecule has 0 atom stereocenters. The number of carbonyl (C=O) groups excluding carboxylic acids is 1. The van der Waals surface area contributed by atoms with Crippen molar-refractivity contribution in [1.82, 2.24) is 5.16 Å². The van der Waals surface area contributed by atoms with Crippen LogP contribution < -0.4 is 15.4 Å². The van der Waals surface area contributed by atoms with Crippen LogP contribution in [0.2, 0.25) is 0 Å². The molecule has 0 aliphatic rings. The summed E-state index contributed by atoms with van der Waals surface area (Å²) in [5, 5.41) is 9.31. The molecule has 6 nitrogen and oxygen atoms in total. The van der Waals surface area contributed by atoms with Gasteiger partial charge < -0.3 is 14.6 Å². The Hall–Kier alpha value is -2.02. The maximum Gasteiger partial charge on any atom is 0.246 e. The number of hydrogen-bond donors (Lipinski definition) is 2. The minimum absolute atomic E-state index is 0.103. The molecular weight excluding hydrogens is 326 g/mol. The monoisotopic (exact) mass is 339 g/mol. The second kappa shape index (κ2) is 6.42. The van der Waals surface area contributed by atoms with Gasteiger partial charge in [-0.1, -0.05) is 5.16 Å². The molecule has 1 heterocycles. The van der Waals surface area contributed by atoms with Gasteiger partial charge in [0.1, 0.15) is 5.75 Å². The fourth-order valence-corrected chi connectivity index (χ4v) is 1.93. The molecule has 20 heavy (non-hydrogen) atoms. The van der Waals surface area contributed by atoms with E-state index in [4.69, 9.17) is 9.26 Å². The summed E-state index contributed by atoms with van der Waals surface area (Å²) in [5.41, 5.74) is 1.48. The normalized spacial score (nSPS) is 10.2. The molecule has 1 aromatic heterocycles. The van der Waals surface area contributed by atoms with Crippen molar-refractivity contribution in [3.63, 3.8) is 0 Å². The number of methoxy groups -OCH3 is 1. The number of amides is 1. The summed E-state index contributed by atoms with van der Waals surface area (Å²) in [4.78, 5) is 11.8. The zero-order valence-corrected chi connectivity index (χ0v) is 12.7. The van der Waals surface area contributed by atoms with E-state index in [1.54, 1.807) is 26.2 Å². The van der Waals surface area contributed by atoms with Crippen molar-refractivity contribution < 1.29 is 14.1 Å². The summed E-state index contributed by atoms with van der Waals surface area (Å²) >= 11 is 3.40.